The van der Waals surface area contributed by atoms with Crippen LogP contribution < -0.4 is 10.5 Å². The topological polar surface area (TPSA) is 98.4 Å². The van der Waals surface area contributed by atoms with Crippen molar-refractivity contribution in [2.24, 2.45) is 17.6 Å². The second kappa shape index (κ2) is 7.08. The van der Waals surface area contributed by atoms with Crippen molar-refractivity contribution in [2.45, 2.75) is 0 Å². The number of amides is 2. The Bertz CT molecular complexity index is 708. The number of aromatic nitrogens is 2. The van der Waals surface area contributed by atoms with Gasteiger partial charge in [0.2, 0.25) is 5.91 Å². The van der Waals surface area contributed by atoms with Crippen LogP contribution in [-0.4, -0.2) is 46.6 Å². The second-order valence-electron chi connectivity index (χ2n) is 5.73. The number of carbonyl (C=O) groups is 2. The Morgan fingerprint density at radius 2 is 1.96 bits per heavy atom. The molecule has 3 rings (SSSR count). The number of benzene rings is 1. The minimum atomic E-state index is -0.424. The predicted molar refractivity (Wildman–Crippen MR) is 86.0 cm³/mol. The Morgan fingerprint density at radius 1 is 1.17 bits per heavy atom. The van der Waals surface area contributed by atoms with Gasteiger partial charge >= 0.3 is 0 Å². The van der Waals surface area contributed by atoms with Gasteiger partial charge in [-0.25, -0.2) is 0 Å². The number of para-hydroxylation sites is 1. The van der Waals surface area contributed by atoms with E-state index >= 15 is 0 Å². The smallest absolute Gasteiger partial charge is 0.255 e. The Labute approximate surface area is 139 Å². The molecular weight excluding hydrogens is 308 g/mol. The van der Waals surface area contributed by atoms with Crippen LogP contribution in [0.3, 0.4) is 0 Å². The SMILES string of the molecule is NC(=O)[C@@H]1CN(C(=O)c2ccnnc2)C[C@H]1COc1ccccc1. The molecule has 0 aliphatic carbocycles. The third kappa shape index (κ3) is 3.51. The summed E-state index contributed by atoms with van der Waals surface area (Å²) in [6, 6.07) is 10.9. The highest BCUT2D eigenvalue weighted by Gasteiger charge is 2.39. The molecule has 24 heavy (non-hydrogen) atoms. The first-order valence-electron chi connectivity index (χ1n) is 7.68. The Morgan fingerprint density at radius 3 is 2.62 bits per heavy atom. The van der Waals surface area contributed by atoms with Crippen LogP contribution in [0.1, 0.15) is 10.4 Å². The second-order valence-corrected chi connectivity index (χ2v) is 5.73. The molecule has 2 amide bonds. The lowest BCUT2D eigenvalue weighted by atomic mass is 9.96. The number of carbonyl (C=O) groups excluding carboxylic acids is 2. The number of rotatable bonds is 5. The van der Waals surface area contributed by atoms with Gasteiger partial charge in [-0.15, -0.1) is 0 Å². The average molecular weight is 326 g/mol. The normalized spacial score (nSPS) is 19.9. The molecule has 1 aromatic heterocycles. The summed E-state index contributed by atoms with van der Waals surface area (Å²) in [5.74, 6) is -0.434. The summed E-state index contributed by atoms with van der Waals surface area (Å²) in [6.07, 6.45) is 2.88. The fourth-order valence-corrected chi connectivity index (χ4v) is 2.85. The van der Waals surface area contributed by atoms with E-state index in [-0.39, 0.29) is 11.8 Å². The van der Waals surface area contributed by atoms with Crippen molar-refractivity contribution in [3.63, 3.8) is 0 Å². The summed E-state index contributed by atoms with van der Waals surface area (Å²) in [5, 5.41) is 7.37. The molecule has 1 aliphatic rings. The summed E-state index contributed by atoms with van der Waals surface area (Å²) in [5.41, 5.74) is 5.95. The molecule has 0 unspecified atom stereocenters. The first-order chi connectivity index (χ1) is 11.6. The van der Waals surface area contributed by atoms with Gasteiger partial charge in [-0.05, 0) is 18.2 Å². The highest BCUT2D eigenvalue weighted by atomic mass is 16.5. The number of hydrogen-bond donors (Lipinski definition) is 1. The van der Waals surface area contributed by atoms with E-state index in [1.54, 1.807) is 11.0 Å². The molecule has 1 saturated heterocycles. The van der Waals surface area contributed by atoms with Crippen molar-refractivity contribution in [1.82, 2.24) is 15.1 Å². The molecule has 2 aromatic rings. The highest BCUT2D eigenvalue weighted by molar-refractivity contribution is 5.94. The van der Waals surface area contributed by atoms with Crippen LogP contribution in [0.2, 0.25) is 0 Å². The maximum atomic E-state index is 12.5. The molecule has 0 spiro atoms. The monoisotopic (exact) mass is 326 g/mol. The lowest BCUT2D eigenvalue weighted by Crippen LogP contribution is -2.32. The Kier molecular flexibility index (Phi) is 4.69. The number of primary amides is 1. The van der Waals surface area contributed by atoms with Gasteiger partial charge < -0.3 is 15.4 Å². The third-order valence-electron chi connectivity index (χ3n) is 4.13. The molecule has 0 bridgehead atoms. The fourth-order valence-electron chi connectivity index (χ4n) is 2.85. The standard InChI is InChI=1S/C17H18N4O3/c18-16(22)15-10-21(17(23)12-6-7-19-20-8-12)9-13(15)11-24-14-4-2-1-3-5-14/h1-8,13,15H,9-11H2,(H2,18,22)/t13-,15+/m0/s1. The van der Waals surface area contributed by atoms with E-state index in [1.165, 1.54) is 12.4 Å². The maximum Gasteiger partial charge on any atom is 0.255 e. The third-order valence-corrected chi connectivity index (χ3v) is 4.13. The molecule has 7 nitrogen and oxygen atoms in total. The molecule has 0 saturated carbocycles. The highest BCUT2D eigenvalue weighted by Crippen LogP contribution is 2.25. The lowest BCUT2D eigenvalue weighted by molar-refractivity contribution is -0.122. The Balaban J connectivity index is 1.68. The molecule has 2 atom stereocenters. The van der Waals surface area contributed by atoms with Gasteiger partial charge in [0.1, 0.15) is 5.75 Å². The average Bonchev–Trinajstić information content (AvgIpc) is 3.05. The van der Waals surface area contributed by atoms with Crippen LogP contribution in [0.25, 0.3) is 0 Å². The van der Waals surface area contributed by atoms with E-state index in [0.29, 0.717) is 25.3 Å². The number of hydrogen-bond acceptors (Lipinski definition) is 5. The number of ether oxygens (including phenoxy) is 1. The molecule has 0 radical (unpaired) electrons. The quantitative estimate of drug-likeness (QED) is 0.873. The maximum absolute atomic E-state index is 12.5. The molecule has 2 heterocycles. The van der Waals surface area contributed by atoms with Crippen LogP contribution in [0.4, 0.5) is 0 Å². The molecular formula is C17H18N4O3. The first-order valence-corrected chi connectivity index (χ1v) is 7.68. The van der Waals surface area contributed by atoms with E-state index < -0.39 is 11.8 Å². The molecule has 1 fully saturated rings. The summed E-state index contributed by atoms with van der Waals surface area (Å²) in [4.78, 5) is 25.9. The van der Waals surface area contributed by atoms with E-state index in [4.69, 9.17) is 10.5 Å². The van der Waals surface area contributed by atoms with Gasteiger partial charge in [0, 0.05) is 19.0 Å². The Hall–Kier alpha value is -2.96. The van der Waals surface area contributed by atoms with Gasteiger partial charge in [0.25, 0.3) is 5.91 Å². The van der Waals surface area contributed by atoms with Gasteiger partial charge in [-0.1, -0.05) is 18.2 Å². The van der Waals surface area contributed by atoms with Crippen LogP contribution in [-0.2, 0) is 4.79 Å². The zero-order valence-corrected chi connectivity index (χ0v) is 13.0. The van der Waals surface area contributed by atoms with Crippen LogP contribution in [0.5, 0.6) is 5.75 Å². The number of likely N-dealkylation sites (tertiary alicyclic amines) is 1. The van der Waals surface area contributed by atoms with Crippen molar-refractivity contribution in [2.75, 3.05) is 19.7 Å². The van der Waals surface area contributed by atoms with Crippen molar-refractivity contribution >= 4 is 11.8 Å². The van der Waals surface area contributed by atoms with E-state index in [9.17, 15) is 9.59 Å². The minimum Gasteiger partial charge on any atom is -0.493 e. The zero-order valence-electron chi connectivity index (χ0n) is 13.0. The van der Waals surface area contributed by atoms with E-state index in [1.807, 2.05) is 30.3 Å². The minimum absolute atomic E-state index is 0.138. The van der Waals surface area contributed by atoms with Crippen molar-refractivity contribution in [3.05, 3.63) is 54.4 Å². The van der Waals surface area contributed by atoms with Crippen molar-refractivity contribution in [3.8, 4) is 5.75 Å². The predicted octanol–water partition coefficient (Wildman–Crippen LogP) is 0.729. The molecule has 1 aromatic carbocycles. The van der Waals surface area contributed by atoms with Crippen molar-refractivity contribution in [1.29, 1.82) is 0 Å². The zero-order chi connectivity index (χ0) is 16.9. The van der Waals surface area contributed by atoms with Crippen LogP contribution >= 0.6 is 0 Å². The van der Waals surface area contributed by atoms with E-state index in [2.05, 4.69) is 10.2 Å². The summed E-state index contributed by atoms with van der Waals surface area (Å²) < 4.78 is 5.74. The van der Waals surface area contributed by atoms with Crippen LogP contribution in [0.15, 0.2) is 48.8 Å². The fraction of sp³-hybridized carbons (Fsp3) is 0.294. The number of nitrogens with zero attached hydrogens (tertiary/aromatic N) is 3. The molecule has 7 heteroatoms. The summed E-state index contributed by atoms with van der Waals surface area (Å²) in [6.45, 7) is 1.04. The molecule has 124 valence electrons. The van der Waals surface area contributed by atoms with E-state index in [0.717, 1.165) is 5.75 Å². The lowest BCUT2D eigenvalue weighted by Gasteiger charge is -2.16. The van der Waals surface area contributed by atoms with Gasteiger partial charge in [-0.3, -0.25) is 9.59 Å². The summed E-state index contributed by atoms with van der Waals surface area (Å²) in [7, 11) is 0. The first kappa shape index (κ1) is 15.9. The van der Waals surface area contributed by atoms with Gasteiger partial charge in [0.15, 0.2) is 0 Å². The van der Waals surface area contributed by atoms with Gasteiger partial charge in [0.05, 0.1) is 30.5 Å². The largest absolute Gasteiger partial charge is 0.493 e. The molecule has 1 aliphatic heterocycles. The number of nitrogens with two attached hydrogens (primary N) is 1. The molecule has 2 N–H and O–H groups in total. The summed E-state index contributed by atoms with van der Waals surface area (Å²) >= 11 is 0. The van der Waals surface area contributed by atoms with Crippen molar-refractivity contribution < 1.29 is 14.3 Å². The van der Waals surface area contributed by atoms with Crippen LogP contribution in [0, 0.1) is 11.8 Å². The van der Waals surface area contributed by atoms with Gasteiger partial charge in [-0.2, -0.15) is 10.2 Å².